The lowest BCUT2D eigenvalue weighted by Gasteiger charge is -2.14. The molecule has 0 fully saturated rings. The molecule has 0 amide bonds. The van der Waals surface area contributed by atoms with Crippen LogP contribution < -0.4 is 10.6 Å². The van der Waals surface area contributed by atoms with Crippen LogP contribution in [0.1, 0.15) is 18.9 Å². The molecular weight excluding hydrogens is 562 g/mol. The van der Waals surface area contributed by atoms with Crippen LogP contribution in [0, 0.1) is 5.92 Å². The predicted octanol–water partition coefficient (Wildman–Crippen LogP) is 10.1. The van der Waals surface area contributed by atoms with Crippen LogP contribution in [-0.4, -0.2) is 4.57 Å². The molecule has 0 bridgehead atoms. The summed E-state index contributed by atoms with van der Waals surface area (Å²) in [4.78, 5) is 0. The molecule has 218 valence electrons. The number of aromatic nitrogens is 1. The Balaban J connectivity index is 1.21. The second-order valence-corrected chi connectivity index (χ2v) is 12.6. The smallest absolute Gasteiger partial charge is 0.143 e. The first-order chi connectivity index (χ1) is 22.7. The van der Waals surface area contributed by atoms with Gasteiger partial charge in [-0.15, -0.1) is 0 Å². The van der Waals surface area contributed by atoms with Gasteiger partial charge in [-0.3, -0.25) is 0 Å². The van der Waals surface area contributed by atoms with Crippen molar-refractivity contribution in [2.75, 3.05) is 0 Å². The molecule has 1 unspecified atom stereocenters. The van der Waals surface area contributed by atoms with Gasteiger partial charge in [-0.25, -0.2) is 0 Å². The SMILES string of the molecule is CC1C=c2c(oc3ccc(-n4c5ccccc5c5cc(-c6ccccc6)ccc54)cc23)=C(c2cccc3c2oc2ccccc23)C1. The van der Waals surface area contributed by atoms with E-state index in [1.165, 1.54) is 43.7 Å². The fraction of sp³-hybridized carbons (Fsp3) is 0.0698. The maximum Gasteiger partial charge on any atom is 0.143 e. The average Bonchev–Trinajstić information content (AvgIpc) is 3.77. The van der Waals surface area contributed by atoms with Crippen molar-refractivity contribution < 1.29 is 8.83 Å². The molecule has 1 aliphatic rings. The Hall–Kier alpha value is -5.80. The normalized spacial score (nSPS) is 14.9. The molecule has 1 atom stereocenters. The highest BCUT2D eigenvalue weighted by Gasteiger charge is 2.22. The molecule has 0 spiro atoms. The third-order valence-corrected chi connectivity index (χ3v) is 9.73. The highest BCUT2D eigenvalue weighted by molar-refractivity contribution is 6.11. The lowest BCUT2D eigenvalue weighted by Crippen LogP contribution is -2.29. The van der Waals surface area contributed by atoms with Crippen molar-refractivity contribution in [3.8, 4) is 16.8 Å². The Bertz CT molecular complexity index is 2790. The molecule has 10 rings (SSSR count). The number of nitrogens with zero attached hydrogens (tertiary/aromatic N) is 1. The van der Waals surface area contributed by atoms with Crippen molar-refractivity contribution in [2.24, 2.45) is 5.92 Å². The van der Waals surface area contributed by atoms with Crippen LogP contribution in [0.25, 0.3) is 83.2 Å². The van der Waals surface area contributed by atoms with Gasteiger partial charge >= 0.3 is 0 Å². The molecule has 0 radical (unpaired) electrons. The summed E-state index contributed by atoms with van der Waals surface area (Å²) in [6.07, 6.45) is 3.28. The first kappa shape index (κ1) is 25.5. The van der Waals surface area contributed by atoms with Gasteiger partial charge in [0, 0.05) is 49.0 Å². The van der Waals surface area contributed by atoms with Crippen LogP contribution in [0.5, 0.6) is 0 Å². The molecule has 3 nitrogen and oxygen atoms in total. The van der Waals surface area contributed by atoms with Gasteiger partial charge in [-0.2, -0.15) is 0 Å². The van der Waals surface area contributed by atoms with Crippen molar-refractivity contribution >= 4 is 66.4 Å². The summed E-state index contributed by atoms with van der Waals surface area (Å²) in [7, 11) is 0. The monoisotopic (exact) mass is 591 g/mol. The minimum absolute atomic E-state index is 0.358. The van der Waals surface area contributed by atoms with E-state index in [9.17, 15) is 0 Å². The Morgan fingerprint density at radius 2 is 1.33 bits per heavy atom. The number of hydrogen-bond acceptors (Lipinski definition) is 2. The maximum atomic E-state index is 6.72. The van der Waals surface area contributed by atoms with Crippen LogP contribution in [0.2, 0.25) is 0 Å². The first-order valence-corrected chi connectivity index (χ1v) is 16.0. The highest BCUT2D eigenvalue weighted by atomic mass is 16.3. The molecule has 0 aliphatic heterocycles. The summed E-state index contributed by atoms with van der Waals surface area (Å²) in [6, 6.07) is 47.6. The number of benzene rings is 6. The van der Waals surface area contributed by atoms with E-state index in [-0.39, 0.29) is 0 Å². The fourth-order valence-electron chi connectivity index (χ4n) is 7.67. The third kappa shape index (κ3) is 3.66. The molecule has 1 aliphatic carbocycles. The van der Waals surface area contributed by atoms with E-state index in [4.69, 9.17) is 8.83 Å². The van der Waals surface area contributed by atoms with Crippen molar-refractivity contribution in [1.29, 1.82) is 0 Å². The zero-order chi connectivity index (χ0) is 30.4. The molecule has 0 saturated carbocycles. The van der Waals surface area contributed by atoms with Gasteiger partial charge in [0.1, 0.15) is 22.2 Å². The Labute approximate surface area is 264 Å². The van der Waals surface area contributed by atoms with Gasteiger partial charge < -0.3 is 13.4 Å². The van der Waals surface area contributed by atoms with Gasteiger partial charge in [0.2, 0.25) is 0 Å². The Morgan fingerprint density at radius 3 is 2.24 bits per heavy atom. The molecular formula is C43H29NO2. The van der Waals surface area contributed by atoms with Gasteiger partial charge in [-0.05, 0) is 65.9 Å². The summed E-state index contributed by atoms with van der Waals surface area (Å²) in [6.45, 7) is 2.29. The number of fused-ring (bicyclic) bond motifs is 9. The van der Waals surface area contributed by atoms with E-state index in [0.29, 0.717) is 5.92 Å². The van der Waals surface area contributed by atoms with Crippen LogP contribution in [0.15, 0.2) is 142 Å². The summed E-state index contributed by atoms with van der Waals surface area (Å²) in [5, 5.41) is 7.10. The summed E-state index contributed by atoms with van der Waals surface area (Å²) >= 11 is 0. The summed E-state index contributed by atoms with van der Waals surface area (Å²) < 4.78 is 15.6. The summed E-state index contributed by atoms with van der Waals surface area (Å²) in [5.41, 5.74) is 12.0. The molecule has 9 aromatic rings. The molecule has 0 saturated heterocycles. The number of hydrogen-bond donors (Lipinski definition) is 0. The van der Waals surface area contributed by atoms with Gasteiger partial charge in [0.25, 0.3) is 0 Å². The second kappa shape index (κ2) is 9.60. The lowest BCUT2D eigenvalue weighted by atomic mass is 9.89. The van der Waals surface area contributed by atoms with Crippen LogP contribution in [-0.2, 0) is 0 Å². The zero-order valence-electron chi connectivity index (χ0n) is 25.3. The van der Waals surface area contributed by atoms with E-state index in [1.807, 2.05) is 12.1 Å². The standard InChI is InChI=1S/C43H29NO2/c1-26-22-36(33-15-9-14-32-31-13-6-8-17-40(31)45-42(32)33)43-37(23-26)35-25-29(19-21-41(35)46-43)44-38-16-7-5-12-30(38)34-24-28(18-20-39(34)44)27-10-3-2-4-11-27/h2-21,23-26H,22H2,1H3. The van der Waals surface area contributed by atoms with E-state index in [0.717, 1.165) is 56.0 Å². The molecule has 46 heavy (non-hydrogen) atoms. The number of furan rings is 2. The molecule has 3 heterocycles. The van der Waals surface area contributed by atoms with Crippen LogP contribution in [0.3, 0.4) is 0 Å². The van der Waals surface area contributed by atoms with Crippen molar-refractivity contribution in [2.45, 2.75) is 13.3 Å². The van der Waals surface area contributed by atoms with Crippen molar-refractivity contribution in [3.05, 3.63) is 150 Å². The quantitative estimate of drug-likeness (QED) is 0.205. The fourth-order valence-corrected chi connectivity index (χ4v) is 7.67. The number of rotatable bonds is 3. The van der Waals surface area contributed by atoms with Crippen molar-refractivity contribution in [1.82, 2.24) is 4.57 Å². The van der Waals surface area contributed by atoms with Gasteiger partial charge in [0.15, 0.2) is 0 Å². The summed E-state index contributed by atoms with van der Waals surface area (Å²) in [5.74, 6) is 0.358. The second-order valence-electron chi connectivity index (χ2n) is 12.6. The zero-order valence-corrected chi connectivity index (χ0v) is 25.3. The first-order valence-electron chi connectivity index (χ1n) is 16.0. The van der Waals surface area contributed by atoms with Crippen molar-refractivity contribution in [3.63, 3.8) is 0 Å². The topological polar surface area (TPSA) is 31.2 Å². The third-order valence-electron chi connectivity index (χ3n) is 9.73. The molecule has 3 heteroatoms. The van der Waals surface area contributed by atoms with E-state index in [2.05, 4.69) is 139 Å². The Kier molecular flexibility index (Phi) is 5.32. The van der Waals surface area contributed by atoms with Gasteiger partial charge in [0.05, 0.1) is 11.0 Å². The van der Waals surface area contributed by atoms with Crippen LogP contribution >= 0.6 is 0 Å². The van der Waals surface area contributed by atoms with E-state index >= 15 is 0 Å². The largest absolute Gasteiger partial charge is 0.456 e. The molecule has 6 aromatic carbocycles. The minimum Gasteiger partial charge on any atom is -0.456 e. The predicted molar refractivity (Wildman–Crippen MR) is 190 cm³/mol. The maximum absolute atomic E-state index is 6.72. The molecule has 3 aromatic heterocycles. The van der Waals surface area contributed by atoms with E-state index in [1.54, 1.807) is 0 Å². The van der Waals surface area contributed by atoms with Gasteiger partial charge in [-0.1, -0.05) is 104 Å². The lowest BCUT2D eigenvalue weighted by molar-refractivity contribution is 0.562. The average molecular weight is 592 g/mol. The van der Waals surface area contributed by atoms with Crippen LogP contribution in [0.4, 0.5) is 0 Å². The van der Waals surface area contributed by atoms with E-state index < -0.39 is 0 Å². The Morgan fingerprint density at radius 1 is 0.565 bits per heavy atom. The molecule has 0 N–H and O–H groups in total. The highest BCUT2D eigenvalue weighted by Crippen LogP contribution is 2.37. The number of para-hydroxylation sites is 3. The minimum atomic E-state index is 0.358.